The van der Waals surface area contributed by atoms with Crippen molar-refractivity contribution >= 4 is 33.7 Å². The zero-order valence-electron chi connectivity index (χ0n) is 14.9. The summed E-state index contributed by atoms with van der Waals surface area (Å²) in [4.78, 5) is 21.0. The topological polar surface area (TPSA) is 59.9 Å². The fourth-order valence-corrected chi connectivity index (χ4v) is 3.74. The summed E-state index contributed by atoms with van der Waals surface area (Å²) < 4.78 is 42.5. The number of halogens is 3. The standard InChI is InChI=1S/C20H14F3N3O2S/c1-2-11-29-19-25-16-14-5-3-4-6-15(14)24-17(16)18(27)26(19)12-7-9-13(10-8-12)28-20(21,22)23/h2-10,24H,1,11H2. The Kier molecular flexibility index (Phi) is 4.83. The quantitative estimate of drug-likeness (QED) is 0.281. The van der Waals surface area contributed by atoms with Crippen LogP contribution in [0, 0.1) is 0 Å². The summed E-state index contributed by atoms with van der Waals surface area (Å²) in [6.07, 6.45) is -3.10. The van der Waals surface area contributed by atoms with E-state index in [-0.39, 0.29) is 11.3 Å². The molecule has 0 aliphatic rings. The second kappa shape index (κ2) is 7.32. The highest BCUT2D eigenvalue weighted by molar-refractivity contribution is 7.99. The Balaban J connectivity index is 1.90. The van der Waals surface area contributed by atoms with Crippen LogP contribution in [0.2, 0.25) is 0 Å². The van der Waals surface area contributed by atoms with Crippen molar-refractivity contribution in [1.29, 1.82) is 0 Å². The predicted molar refractivity (Wildman–Crippen MR) is 107 cm³/mol. The number of para-hydroxylation sites is 1. The van der Waals surface area contributed by atoms with Gasteiger partial charge in [-0.05, 0) is 30.3 Å². The monoisotopic (exact) mass is 417 g/mol. The molecule has 0 bridgehead atoms. The number of ether oxygens (including phenoxy) is 1. The van der Waals surface area contributed by atoms with Crippen molar-refractivity contribution in [3.8, 4) is 11.4 Å². The van der Waals surface area contributed by atoms with Crippen molar-refractivity contribution in [1.82, 2.24) is 14.5 Å². The zero-order chi connectivity index (χ0) is 20.6. The molecule has 0 amide bonds. The molecule has 0 unspecified atom stereocenters. The number of aromatic amines is 1. The van der Waals surface area contributed by atoms with E-state index in [0.717, 1.165) is 23.0 Å². The maximum atomic E-state index is 13.2. The number of rotatable bonds is 5. The van der Waals surface area contributed by atoms with Crippen LogP contribution in [-0.2, 0) is 0 Å². The van der Waals surface area contributed by atoms with E-state index >= 15 is 0 Å². The summed E-state index contributed by atoms with van der Waals surface area (Å²) in [5.41, 5.74) is 1.68. The Morgan fingerprint density at radius 2 is 1.90 bits per heavy atom. The van der Waals surface area contributed by atoms with Gasteiger partial charge < -0.3 is 9.72 Å². The molecule has 0 spiro atoms. The van der Waals surface area contributed by atoms with Gasteiger partial charge in [0.15, 0.2) is 5.16 Å². The van der Waals surface area contributed by atoms with Crippen molar-refractivity contribution in [3.05, 3.63) is 71.5 Å². The SMILES string of the molecule is C=CCSc1nc2c([nH]c3ccccc32)c(=O)n1-c1ccc(OC(F)(F)F)cc1. The number of nitrogens with zero attached hydrogens (tertiary/aromatic N) is 2. The second-order valence-corrected chi connectivity index (χ2v) is 7.06. The molecule has 5 nitrogen and oxygen atoms in total. The van der Waals surface area contributed by atoms with Crippen LogP contribution in [0.1, 0.15) is 0 Å². The van der Waals surface area contributed by atoms with Crippen LogP contribution in [0.4, 0.5) is 13.2 Å². The van der Waals surface area contributed by atoms with Crippen LogP contribution in [0.15, 0.2) is 71.1 Å². The number of alkyl halides is 3. The molecular weight excluding hydrogens is 403 g/mol. The average molecular weight is 417 g/mol. The first-order chi connectivity index (χ1) is 13.9. The number of hydrogen-bond acceptors (Lipinski definition) is 4. The van der Waals surface area contributed by atoms with E-state index in [1.165, 1.54) is 28.5 Å². The molecule has 0 fully saturated rings. The van der Waals surface area contributed by atoms with Crippen molar-refractivity contribution in [2.75, 3.05) is 5.75 Å². The summed E-state index contributed by atoms with van der Waals surface area (Å²) in [5.74, 6) is 0.143. The normalized spacial score (nSPS) is 11.8. The first-order valence-corrected chi connectivity index (χ1v) is 9.49. The molecule has 29 heavy (non-hydrogen) atoms. The summed E-state index contributed by atoms with van der Waals surface area (Å²) >= 11 is 1.31. The maximum absolute atomic E-state index is 13.2. The highest BCUT2D eigenvalue weighted by Crippen LogP contribution is 2.28. The smallest absolute Gasteiger partial charge is 0.406 e. The largest absolute Gasteiger partial charge is 0.573 e. The number of H-pyrrole nitrogens is 1. The van der Waals surface area contributed by atoms with Gasteiger partial charge in [-0.25, -0.2) is 4.98 Å². The zero-order valence-corrected chi connectivity index (χ0v) is 15.7. The van der Waals surface area contributed by atoms with Crippen molar-refractivity contribution in [3.63, 3.8) is 0 Å². The molecule has 2 aromatic heterocycles. The lowest BCUT2D eigenvalue weighted by atomic mass is 10.2. The molecule has 9 heteroatoms. The molecule has 0 saturated carbocycles. The third-order valence-corrected chi connectivity index (χ3v) is 5.09. The Morgan fingerprint density at radius 3 is 2.59 bits per heavy atom. The van der Waals surface area contributed by atoms with Gasteiger partial charge in [-0.3, -0.25) is 9.36 Å². The summed E-state index contributed by atoms with van der Waals surface area (Å²) in [6, 6.07) is 12.5. The third kappa shape index (κ3) is 3.73. The van der Waals surface area contributed by atoms with Crippen LogP contribution in [0.3, 0.4) is 0 Å². The van der Waals surface area contributed by atoms with Crippen LogP contribution in [-0.4, -0.2) is 26.7 Å². The molecule has 4 aromatic rings. The van der Waals surface area contributed by atoms with Gasteiger partial charge in [0.2, 0.25) is 0 Å². The molecule has 0 atom stereocenters. The molecule has 2 heterocycles. The van der Waals surface area contributed by atoms with Crippen molar-refractivity contribution < 1.29 is 17.9 Å². The molecule has 0 aliphatic heterocycles. The van der Waals surface area contributed by atoms with Crippen LogP contribution >= 0.6 is 11.8 Å². The minimum Gasteiger partial charge on any atom is -0.406 e. The van der Waals surface area contributed by atoms with Gasteiger partial charge in [-0.15, -0.1) is 19.8 Å². The summed E-state index contributed by atoms with van der Waals surface area (Å²) in [7, 11) is 0. The van der Waals surface area contributed by atoms with Crippen molar-refractivity contribution in [2.24, 2.45) is 0 Å². The fraction of sp³-hybridized carbons (Fsp3) is 0.100. The van der Waals surface area contributed by atoms with E-state index in [4.69, 9.17) is 0 Å². The van der Waals surface area contributed by atoms with Gasteiger partial charge >= 0.3 is 6.36 Å². The molecule has 4 rings (SSSR count). The van der Waals surface area contributed by atoms with E-state index in [1.807, 2.05) is 24.3 Å². The van der Waals surface area contributed by atoms with E-state index in [0.29, 0.717) is 27.6 Å². The maximum Gasteiger partial charge on any atom is 0.573 e. The summed E-state index contributed by atoms with van der Waals surface area (Å²) in [6.45, 7) is 3.68. The number of hydrogen-bond donors (Lipinski definition) is 1. The molecule has 0 saturated heterocycles. The van der Waals surface area contributed by atoms with E-state index in [9.17, 15) is 18.0 Å². The lowest BCUT2D eigenvalue weighted by molar-refractivity contribution is -0.274. The molecule has 0 radical (unpaired) electrons. The van der Waals surface area contributed by atoms with Crippen LogP contribution in [0.25, 0.3) is 27.6 Å². The highest BCUT2D eigenvalue weighted by Gasteiger charge is 2.31. The highest BCUT2D eigenvalue weighted by atomic mass is 32.2. The molecule has 1 N–H and O–H groups in total. The van der Waals surface area contributed by atoms with E-state index < -0.39 is 6.36 Å². The summed E-state index contributed by atoms with van der Waals surface area (Å²) in [5, 5.41) is 1.23. The van der Waals surface area contributed by atoms with Crippen LogP contribution in [0.5, 0.6) is 5.75 Å². The Morgan fingerprint density at radius 1 is 1.17 bits per heavy atom. The van der Waals surface area contributed by atoms with Gasteiger partial charge in [0, 0.05) is 16.7 Å². The van der Waals surface area contributed by atoms with Gasteiger partial charge in [0.1, 0.15) is 16.8 Å². The van der Waals surface area contributed by atoms with Gasteiger partial charge in [0.25, 0.3) is 5.56 Å². The lowest BCUT2D eigenvalue weighted by Gasteiger charge is -2.13. The minimum absolute atomic E-state index is 0.324. The Bertz CT molecular complexity index is 1260. The molecular formula is C20H14F3N3O2S. The van der Waals surface area contributed by atoms with Gasteiger partial charge in [0.05, 0.1) is 5.69 Å². The predicted octanol–water partition coefficient (Wildman–Crippen LogP) is 5.04. The first-order valence-electron chi connectivity index (χ1n) is 8.51. The molecule has 2 aromatic carbocycles. The third-order valence-electron chi connectivity index (χ3n) is 4.15. The van der Waals surface area contributed by atoms with Crippen molar-refractivity contribution in [2.45, 2.75) is 11.5 Å². The number of aromatic nitrogens is 3. The van der Waals surface area contributed by atoms with E-state index in [2.05, 4.69) is 21.3 Å². The van der Waals surface area contributed by atoms with Crippen LogP contribution < -0.4 is 10.3 Å². The molecule has 0 aliphatic carbocycles. The number of nitrogens with one attached hydrogen (secondary N) is 1. The average Bonchev–Trinajstić information content (AvgIpc) is 3.05. The Hall–Kier alpha value is -3.20. The Labute approximate surface area is 166 Å². The number of benzene rings is 2. The minimum atomic E-state index is -4.78. The number of thioether (sulfide) groups is 1. The number of fused-ring (bicyclic) bond motifs is 3. The van der Waals surface area contributed by atoms with Gasteiger partial charge in [-0.1, -0.05) is 36.0 Å². The van der Waals surface area contributed by atoms with E-state index in [1.54, 1.807) is 6.08 Å². The molecule has 148 valence electrons. The van der Waals surface area contributed by atoms with Gasteiger partial charge in [-0.2, -0.15) is 0 Å². The lowest BCUT2D eigenvalue weighted by Crippen LogP contribution is -2.22. The first kappa shape index (κ1) is 19.1. The fourth-order valence-electron chi connectivity index (χ4n) is 3.00. The second-order valence-electron chi connectivity index (χ2n) is 6.07.